The van der Waals surface area contributed by atoms with Gasteiger partial charge >= 0.3 is 0 Å². The molecule has 1 aromatic carbocycles. The molecule has 2 aromatic rings. The van der Waals surface area contributed by atoms with Crippen molar-refractivity contribution < 1.29 is 18.7 Å². The van der Waals surface area contributed by atoms with E-state index >= 15 is 0 Å². The van der Waals surface area contributed by atoms with Crippen LogP contribution in [0, 0.1) is 11.7 Å². The molecule has 1 fully saturated rings. The van der Waals surface area contributed by atoms with Crippen molar-refractivity contribution in [1.82, 2.24) is 15.1 Å². The van der Waals surface area contributed by atoms with E-state index in [1.165, 1.54) is 25.3 Å². The molecular formula is C17H20FN3O3. The number of hydrogen-bond donors (Lipinski definition) is 1. The second-order valence-corrected chi connectivity index (χ2v) is 5.85. The summed E-state index contributed by atoms with van der Waals surface area (Å²) in [5.74, 6) is -0.513. The Morgan fingerprint density at radius 3 is 3.08 bits per heavy atom. The van der Waals surface area contributed by atoms with Gasteiger partial charge in [-0.3, -0.25) is 9.48 Å². The molecule has 7 heteroatoms. The van der Waals surface area contributed by atoms with Crippen LogP contribution in [0.2, 0.25) is 0 Å². The number of hydrogen-bond acceptors (Lipinski definition) is 4. The van der Waals surface area contributed by atoms with E-state index in [0.717, 1.165) is 12.0 Å². The average molecular weight is 333 g/mol. The van der Waals surface area contributed by atoms with Crippen molar-refractivity contribution in [3.05, 3.63) is 47.5 Å². The van der Waals surface area contributed by atoms with Crippen molar-refractivity contribution in [2.24, 2.45) is 13.0 Å². The standard InChI is InChI=1S/C17H20FN3O3/c1-21-10-13(9-20-21)16-12(5-6-24-16)8-19-17(22)11-3-4-14(18)15(7-11)23-2/h3-4,7,9-10,12,16H,5-6,8H2,1-2H3,(H,19,22)/t12-,16+/m0/s1. The fourth-order valence-corrected chi connectivity index (χ4v) is 2.93. The van der Waals surface area contributed by atoms with Crippen LogP contribution in [0.3, 0.4) is 0 Å². The number of amides is 1. The molecule has 1 aliphatic rings. The fourth-order valence-electron chi connectivity index (χ4n) is 2.93. The Balaban J connectivity index is 1.63. The Morgan fingerprint density at radius 1 is 1.54 bits per heavy atom. The highest BCUT2D eigenvalue weighted by Crippen LogP contribution is 2.33. The van der Waals surface area contributed by atoms with Gasteiger partial charge in [-0.25, -0.2) is 4.39 Å². The van der Waals surface area contributed by atoms with E-state index in [4.69, 9.17) is 9.47 Å². The second-order valence-electron chi connectivity index (χ2n) is 5.85. The number of carbonyl (C=O) groups is 1. The van der Waals surface area contributed by atoms with Crippen LogP contribution in [0.4, 0.5) is 4.39 Å². The van der Waals surface area contributed by atoms with E-state index < -0.39 is 5.82 Å². The molecule has 0 saturated carbocycles. The van der Waals surface area contributed by atoms with Gasteiger partial charge in [0.05, 0.1) is 19.4 Å². The van der Waals surface area contributed by atoms with E-state index in [0.29, 0.717) is 18.7 Å². The topological polar surface area (TPSA) is 65.4 Å². The van der Waals surface area contributed by atoms with Crippen LogP contribution in [0.25, 0.3) is 0 Å². The Kier molecular flexibility index (Phi) is 4.80. The first-order chi connectivity index (χ1) is 11.6. The molecule has 1 saturated heterocycles. The van der Waals surface area contributed by atoms with Crippen molar-refractivity contribution in [3.63, 3.8) is 0 Å². The summed E-state index contributed by atoms with van der Waals surface area (Å²) in [5.41, 5.74) is 1.38. The van der Waals surface area contributed by atoms with Crippen LogP contribution in [0.1, 0.15) is 28.4 Å². The molecule has 1 aromatic heterocycles. The largest absolute Gasteiger partial charge is 0.494 e. The normalized spacial score (nSPS) is 20.1. The maximum absolute atomic E-state index is 13.4. The first-order valence-electron chi connectivity index (χ1n) is 7.80. The summed E-state index contributed by atoms with van der Waals surface area (Å²) in [6, 6.07) is 4.07. The molecule has 2 heterocycles. The van der Waals surface area contributed by atoms with E-state index in [9.17, 15) is 9.18 Å². The van der Waals surface area contributed by atoms with Crippen molar-refractivity contribution in [3.8, 4) is 5.75 Å². The lowest BCUT2D eigenvalue weighted by Gasteiger charge is -2.18. The van der Waals surface area contributed by atoms with E-state index in [-0.39, 0.29) is 23.7 Å². The average Bonchev–Trinajstić information content (AvgIpc) is 3.21. The Bertz CT molecular complexity index is 732. The van der Waals surface area contributed by atoms with Crippen molar-refractivity contribution in [1.29, 1.82) is 0 Å². The minimum Gasteiger partial charge on any atom is -0.494 e. The van der Waals surface area contributed by atoms with Gasteiger partial charge in [0, 0.05) is 43.4 Å². The molecule has 0 unspecified atom stereocenters. The van der Waals surface area contributed by atoms with Gasteiger partial charge in [-0.2, -0.15) is 5.10 Å². The number of rotatable bonds is 5. The lowest BCUT2D eigenvalue weighted by atomic mass is 9.97. The van der Waals surface area contributed by atoms with Crippen molar-refractivity contribution in [2.75, 3.05) is 20.3 Å². The van der Waals surface area contributed by atoms with Crippen LogP contribution in [0.5, 0.6) is 5.75 Å². The van der Waals surface area contributed by atoms with Gasteiger partial charge in [0.15, 0.2) is 11.6 Å². The third-order valence-corrected chi connectivity index (χ3v) is 4.21. The molecule has 1 amide bonds. The predicted molar refractivity (Wildman–Crippen MR) is 85.3 cm³/mol. The first-order valence-corrected chi connectivity index (χ1v) is 7.80. The summed E-state index contributed by atoms with van der Waals surface area (Å²) >= 11 is 0. The molecule has 0 spiro atoms. The second kappa shape index (κ2) is 7.00. The van der Waals surface area contributed by atoms with Gasteiger partial charge in [0.25, 0.3) is 5.91 Å². The highest BCUT2D eigenvalue weighted by Gasteiger charge is 2.30. The molecule has 0 bridgehead atoms. The van der Waals surface area contributed by atoms with E-state index in [1.807, 2.05) is 13.2 Å². The number of nitrogens with one attached hydrogen (secondary N) is 1. The summed E-state index contributed by atoms with van der Waals surface area (Å²) in [6.45, 7) is 1.14. The van der Waals surface area contributed by atoms with E-state index in [1.54, 1.807) is 10.9 Å². The molecule has 3 rings (SSSR count). The van der Waals surface area contributed by atoms with Crippen molar-refractivity contribution in [2.45, 2.75) is 12.5 Å². The number of aromatic nitrogens is 2. The molecular weight excluding hydrogens is 313 g/mol. The summed E-state index contributed by atoms with van der Waals surface area (Å²) in [5, 5.41) is 7.06. The number of methoxy groups -OCH3 is 1. The third-order valence-electron chi connectivity index (χ3n) is 4.21. The van der Waals surface area contributed by atoms with Gasteiger partial charge in [0.1, 0.15) is 0 Å². The maximum Gasteiger partial charge on any atom is 0.251 e. The van der Waals surface area contributed by atoms with Gasteiger partial charge in [-0.15, -0.1) is 0 Å². The first kappa shape index (κ1) is 16.4. The number of halogens is 1. The quantitative estimate of drug-likeness (QED) is 0.910. The number of benzene rings is 1. The lowest BCUT2D eigenvalue weighted by Crippen LogP contribution is -2.30. The number of nitrogens with zero attached hydrogens (tertiary/aromatic N) is 2. The molecule has 1 N–H and O–H groups in total. The number of aryl methyl sites for hydroxylation is 1. The lowest BCUT2D eigenvalue weighted by molar-refractivity contribution is 0.0845. The zero-order valence-electron chi connectivity index (χ0n) is 13.7. The maximum atomic E-state index is 13.4. The molecule has 1 aliphatic heterocycles. The Morgan fingerprint density at radius 2 is 2.38 bits per heavy atom. The van der Waals surface area contributed by atoms with Crippen LogP contribution in [-0.4, -0.2) is 35.9 Å². The SMILES string of the molecule is COc1cc(C(=O)NC[C@@H]2CCO[C@H]2c2cnn(C)c2)ccc1F. The molecule has 24 heavy (non-hydrogen) atoms. The third kappa shape index (κ3) is 3.41. The van der Waals surface area contributed by atoms with Crippen LogP contribution in [0.15, 0.2) is 30.6 Å². The smallest absolute Gasteiger partial charge is 0.251 e. The van der Waals surface area contributed by atoms with Gasteiger partial charge in [-0.1, -0.05) is 0 Å². The van der Waals surface area contributed by atoms with Gasteiger partial charge < -0.3 is 14.8 Å². The highest BCUT2D eigenvalue weighted by atomic mass is 19.1. The van der Waals surface area contributed by atoms with E-state index in [2.05, 4.69) is 10.4 Å². The van der Waals surface area contributed by atoms with Crippen LogP contribution < -0.4 is 10.1 Å². The molecule has 0 aliphatic carbocycles. The molecule has 6 nitrogen and oxygen atoms in total. The summed E-state index contributed by atoms with van der Waals surface area (Å²) in [7, 11) is 3.23. The monoisotopic (exact) mass is 333 g/mol. The van der Waals surface area contributed by atoms with Crippen molar-refractivity contribution >= 4 is 5.91 Å². The summed E-state index contributed by atoms with van der Waals surface area (Å²) < 4.78 is 25.8. The number of carbonyl (C=O) groups excluding carboxylic acids is 1. The van der Waals surface area contributed by atoms with Crippen LogP contribution >= 0.6 is 0 Å². The fraction of sp³-hybridized carbons (Fsp3) is 0.412. The van der Waals surface area contributed by atoms with Gasteiger partial charge in [0.2, 0.25) is 0 Å². The minimum absolute atomic E-state index is 0.0556. The highest BCUT2D eigenvalue weighted by molar-refractivity contribution is 5.94. The number of ether oxygens (including phenoxy) is 2. The molecule has 0 radical (unpaired) electrons. The Hall–Kier alpha value is -2.41. The zero-order chi connectivity index (χ0) is 17.1. The zero-order valence-corrected chi connectivity index (χ0v) is 13.7. The molecule has 128 valence electrons. The summed E-state index contributed by atoms with van der Waals surface area (Å²) in [6.07, 6.45) is 4.51. The Labute approximate surface area is 139 Å². The minimum atomic E-state index is -0.491. The van der Waals surface area contributed by atoms with Gasteiger partial charge in [-0.05, 0) is 24.6 Å². The van der Waals surface area contributed by atoms with Crippen LogP contribution in [-0.2, 0) is 11.8 Å². The summed E-state index contributed by atoms with van der Waals surface area (Å²) in [4.78, 5) is 12.3. The predicted octanol–water partition coefficient (Wildman–Crippen LogP) is 2.08. The molecule has 2 atom stereocenters.